The minimum Gasteiger partial charge on any atom is -0.339 e. The van der Waals surface area contributed by atoms with Gasteiger partial charge in [-0.1, -0.05) is 25.4 Å². The van der Waals surface area contributed by atoms with Gasteiger partial charge in [0, 0.05) is 42.5 Å². The van der Waals surface area contributed by atoms with Crippen molar-refractivity contribution in [1.82, 2.24) is 14.8 Å². The summed E-state index contributed by atoms with van der Waals surface area (Å²) in [7, 11) is 0. The first kappa shape index (κ1) is 17.7. The van der Waals surface area contributed by atoms with Gasteiger partial charge in [0.15, 0.2) is 0 Å². The molecule has 0 saturated carbocycles. The lowest BCUT2D eigenvalue weighted by Gasteiger charge is -2.35. The highest BCUT2D eigenvalue weighted by Crippen LogP contribution is 2.22. The molecule has 0 radical (unpaired) electrons. The Labute approximate surface area is 152 Å². The number of amides is 2. The topological polar surface area (TPSA) is 53.5 Å². The molecular formula is C19H22ClN3O2. The van der Waals surface area contributed by atoms with E-state index in [4.69, 9.17) is 11.6 Å². The summed E-state index contributed by atoms with van der Waals surface area (Å²) in [6, 6.07) is 7.33. The van der Waals surface area contributed by atoms with Crippen LogP contribution in [-0.2, 0) is 4.79 Å². The first-order chi connectivity index (χ1) is 11.9. The van der Waals surface area contributed by atoms with Gasteiger partial charge in [0.05, 0.1) is 16.8 Å². The Morgan fingerprint density at radius 1 is 1.08 bits per heavy atom. The standard InChI is InChI=1S/C19H22ClN3O2/c1-12(2)18(24)22-6-8-23(9-7-22)19(25)16-11-14-10-15(20)4-5-17(14)21-13(16)3/h4-5,10-12H,6-9H2,1-3H3. The number of carbonyl (C=O) groups excluding carboxylic acids is 2. The monoisotopic (exact) mass is 359 g/mol. The summed E-state index contributed by atoms with van der Waals surface area (Å²) in [5.74, 6) is 0.0905. The summed E-state index contributed by atoms with van der Waals surface area (Å²) in [5, 5.41) is 1.48. The van der Waals surface area contributed by atoms with Gasteiger partial charge < -0.3 is 9.80 Å². The highest BCUT2D eigenvalue weighted by molar-refractivity contribution is 6.31. The molecule has 25 heavy (non-hydrogen) atoms. The first-order valence-electron chi connectivity index (χ1n) is 8.52. The van der Waals surface area contributed by atoms with Gasteiger partial charge in [-0.05, 0) is 31.2 Å². The number of rotatable bonds is 2. The zero-order chi connectivity index (χ0) is 18.1. The number of piperazine rings is 1. The number of hydrogen-bond acceptors (Lipinski definition) is 3. The summed E-state index contributed by atoms with van der Waals surface area (Å²) in [4.78, 5) is 33.1. The molecule has 132 valence electrons. The zero-order valence-electron chi connectivity index (χ0n) is 14.8. The number of halogens is 1. The third kappa shape index (κ3) is 3.61. The molecular weight excluding hydrogens is 338 g/mol. The molecule has 1 aliphatic heterocycles. The van der Waals surface area contributed by atoms with E-state index in [9.17, 15) is 9.59 Å². The molecule has 0 spiro atoms. The van der Waals surface area contributed by atoms with Crippen LogP contribution in [0.4, 0.5) is 0 Å². The number of aryl methyl sites for hydroxylation is 1. The van der Waals surface area contributed by atoms with E-state index in [1.807, 2.05) is 43.9 Å². The molecule has 5 nitrogen and oxygen atoms in total. The predicted octanol–water partition coefficient (Wildman–Crippen LogP) is 3.14. The van der Waals surface area contributed by atoms with E-state index in [2.05, 4.69) is 4.98 Å². The van der Waals surface area contributed by atoms with Crippen LogP contribution in [0.5, 0.6) is 0 Å². The lowest BCUT2D eigenvalue weighted by molar-refractivity contribution is -0.135. The van der Waals surface area contributed by atoms with E-state index in [0.29, 0.717) is 42.5 Å². The fourth-order valence-electron chi connectivity index (χ4n) is 3.13. The largest absolute Gasteiger partial charge is 0.339 e. The highest BCUT2D eigenvalue weighted by Gasteiger charge is 2.27. The Kier molecular flexibility index (Phi) is 4.95. The Bertz CT molecular complexity index is 827. The lowest BCUT2D eigenvalue weighted by Crippen LogP contribution is -2.51. The number of pyridine rings is 1. The van der Waals surface area contributed by atoms with Gasteiger partial charge in [0.2, 0.25) is 5.91 Å². The number of hydrogen-bond donors (Lipinski definition) is 0. The smallest absolute Gasteiger partial charge is 0.255 e. The molecule has 1 fully saturated rings. The van der Waals surface area contributed by atoms with E-state index in [1.165, 1.54) is 0 Å². The van der Waals surface area contributed by atoms with Crippen LogP contribution in [0.2, 0.25) is 5.02 Å². The molecule has 0 bridgehead atoms. The van der Waals surface area contributed by atoms with Crippen LogP contribution in [0.25, 0.3) is 10.9 Å². The summed E-state index contributed by atoms with van der Waals surface area (Å²) in [6.07, 6.45) is 0. The van der Waals surface area contributed by atoms with Gasteiger partial charge in [-0.2, -0.15) is 0 Å². The molecule has 1 aliphatic rings. The van der Waals surface area contributed by atoms with E-state index >= 15 is 0 Å². The van der Waals surface area contributed by atoms with Crippen LogP contribution in [0.15, 0.2) is 24.3 Å². The second-order valence-electron chi connectivity index (χ2n) is 6.73. The number of fused-ring (bicyclic) bond motifs is 1. The van der Waals surface area contributed by atoms with Crippen LogP contribution in [-0.4, -0.2) is 52.8 Å². The van der Waals surface area contributed by atoms with Gasteiger partial charge in [-0.15, -0.1) is 0 Å². The molecule has 3 rings (SSSR count). The van der Waals surface area contributed by atoms with E-state index in [0.717, 1.165) is 10.9 Å². The molecule has 0 unspecified atom stereocenters. The maximum Gasteiger partial charge on any atom is 0.255 e. The van der Waals surface area contributed by atoms with Crippen molar-refractivity contribution in [3.8, 4) is 0 Å². The van der Waals surface area contributed by atoms with Crippen molar-refractivity contribution < 1.29 is 9.59 Å². The third-order valence-corrected chi connectivity index (χ3v) is 4.81. The molecule has 1 saturated heterocycles. The average molecular weight is 360 g/mol. The first-order valence-corrected chi connectivity index (χ1v) is 8.89. The molecule has 2 aromatic rings. The maximum atomic E-state index is 12.9. The maximum absolute atomic E-state index is 12.9. The van der Waals surface area contributed by atoms with Gasteiger partial charge in [0.1, 0.15) is 0 Å². The minimum absolute atomic E-state index is 0.0149. The quantitative estimate of drug-likeness (QED) is 0.827. The van der Waals surface area contributed by atoms with Crippen LogP contribution in [0.1, 0.15) is 29.9 Å². The summed E-state index contributed by atoms with van der Waals surface area (Å²) in [5.41, 5.74) is 2.13. The van der Waals surface area contributed by atoms with Crippen LogP contribution in [0, 0.1) is 12.8 Å². The second-order valence-corrected chi connectivity index (χ2v) is 7.17. The van der Waals surface area contributed by atoms with E-state index in [-0.39, 0.29) is 17.7 Å². The molecule has 2 heterocycles. The fraction of sp³-hybridized carbons (Fsp3) is 0.421. The van der Waals surface area contributed by atoms with E-state index < -0.39 is 0 Å². The molecule has 1 aromatic heterocycles. The highest BCUT2D eigenvalue weighted by atomic mass is 35.5. The fourth-order valence-corrected chi connectivity index (χ4v) is 3.31. The van der Waals surface area contributed by atoms with Crippen molar-refractivity contribution in [3.05, 3.63) is 40.5 Å². The molecule has 2 amide bonds. The summed E-state index contributed by atoms with van der Waals surface area (Å²) >= 11 is 6.05. The number of aromatic nitrogens is 1. The van der Waals surface area contributed by atoms with Crippen LogP contribution in [0.3, 0.4) is 0 Å². The SMILES string of the molecule is Cc1nc2ccc(Cl)cc2cc1C(=O)N1CCN(C(=O)C(C)C)CC1. The predicted molar refractivity (Wildman–Crippen MR) is 98.8 cm³/mol. The third-order valence-electron chi connectivity index (χ3n) is 4.57. The summed E-state index contributed by atoms with van der Waals surface area (Å²) in [6.45, 7) is 7.89. The minimum atomic E-state index is -0.0384. The van der Waals surface area contributed by atoms with Crippen molar-refractivity contribution in [2.24, 2.45) is 5.92 Å². The van der Waals surface area contributed by atoms with Crippen molar-refractivity contribution in [1.29, 1.82) is 0 Å². The Balaban J connectivity index is 1.79. The molecule has 0 atom stereocenters. The normalized spacial score (nSPS) is 15.1. The number of nitrogens with zero attached hydrogens (tertiary/aromatic N) is 3. The summed E-state index contributed by atoms with van der Waals surface area (Å²) < 4.78 is 0. The van der Waals surface area contributed by atoms with Crippen molar-refractivity contribution in [2.45, 2.75) is 20.8 Å². The zero-order valence-corrected chi connectivity index (χ0v) is 15.5. The van der Waals surface area contributed by atoms with Crippen LogP contribution < -0.4 is 0 Å². The van der Waals surface area contributed by atoms with Crippen molar-refractivity contribution >= 4 is 34.3 Å². The molecule has 0 aliphatic carbocycles. The number of carbonyl (C=O) groups is 2. The van der Waals surface area contributed by atoms with Crippen molar-refractivity contribution in [3.63, 3.8) is 0 Å². The van der Waals surface area contributed by atoms with Crippen LogP contribution >= 0.6 is 11.6 Å². The van der Waals surface area contributed by atoms with Gasteiger partial charge in [0.25, 0.3) is 5.91 Å². The Morgan fingerprint density at radius 3 is 2.36 bits per heavy atom. The van der Waals surface area contributed by atoms with Gasteiger partial charge >= 0.3 is 0 Å². The number of benzene rings is 1. The molecule has 1 aromatic carbocycles. The molecule has 6 heteroatoms. The van der Waals surface area contributed by atoms with Gasteiger partial charge in [-0.3, -0.25) is 14.6 Å². The lowest BCUT2D eigenvalue weighted by atomic mass is 10.1. The van der Waals surface area contributed by atoms with Gasteiger partial charge in [-0.25, -0.2) is 0 Å². The van der Waals surface area contributed by atoms with Crippen molar-refractivity contribution in [2.75, 3.05) is 26.2 Å². The van der Waals surface area contributed by atoms with E-state index in [1.54, 1.807) is 11.0 Å². The Morgan fingerprint density at radius 2 is 1.72 bits per heavy atom. The molecule has 0 N–H and O–H groups in total. The average Bonchev–Trinajstić information content (AvgIpc) is 2.60. The second kappa shape index (κ2) is 7.00. The Hall–Kier alpha value is -2.14.